The van der Waals surface area contributed by atoms with Crippen molar-refractivity contribution >= 4 is 28.3 Å². The van der Waals surface area contributed by atoms with E-state index in [1.165, 1.54) is 0 Å². The van der Waals surface area contributed by atoms with E-state index < -0.39 is 0 Å². The smallest absolute Gasteiger partial charge is 0.274 e. The zero-order chi connectivity index (χ0) is 21.9. The lowest BCUT2D eigenvalue weighted by Crippen LogP contribution is -2.48. The van der Waals surface area contributed by atoms with Crippen LogP contribution < -0.4 is 4.74 Å². The first kappa shape index (κ1) is 20.5. The lowest BCUT2D eigenvalue weighted by Gasteiger charge is -2.34. The van der Waals surface area contributed by atoms with Crippen molar-refractivity contribution < 1.29 is 9.53 Å². The number of ether oxygens (including phenoxy) is 1. The van der Waals surface area contributed by atoms with Crippen LogP contribution in [0.4, 0.5) is 0 Å². The SMILES string of the molecule is COc1ccc(-c2csc(CN3CCN(C(=O)c4cnc5ccccc5n4)CC3)n2)cc1. The summed E-state index contributed by atoms with van der Waals surface area (Å²) in [5.74, 6) is 0.783. The molecule has 32 heavy (non-hydrogen) atoms. The predicted molar refractivity (Wildman–Crippen MR) is 125 cm³/mol. The molecule has 1 fully saturated rings. The molecule has 1 aliphatic rings. The van der Waals surface area contributed by atoms with Crippen LogP contribution in [-0.2, 0) is 6.54 Å². The van der Waals surface area contributed by atoms with E-state index in [1.54, 1.807) is 24.6 Å². The van der Waals surface area contributed by atoms with Crippen molar-refractivity contribution in [3.8, 4) is 17.0 Å². The molecule has 1 saturated heterocycles. The Labute approximate surface area is 190 Å². The lowest BCUT2D eigenvalue weighted by molar-refractivity contribution is 0.0622. The maximum Gasteiger partial charge on any atom is 0.274 e. The summed E-state index contributed by atoms with van der Waals surface area (Å²) in [4.78, 5) is 30.8. The van der Waals surface area contributed by atoms with Crippen molar-refractivity contribution in [1.29, 1.82) is 0 Å². The van der Waals surface area contributed by atoms with Crippen LogP contribution >= 0.6 is 11.3 Å². The molecule has 5 rings (SSSR count). The highest BCUT2D eigenvalue weighted by atomic mass is 32.1. The second-order valence-corrected chi connectivity index (χ2v) is 8.61. The number of aromatic nitrogens is 3. The maximum atomic E-state index is 12.9. The van der Waals surface area contributed by atoms with Crippen LogP contribution in [0, 0.1) is 0 Å². The number of piperazine rings is 1. The quantitative estimate of drug-likeness (QED) is 0.466. The van der Waals surface area contributed by atoms with Gasteiger partial charge in [-0.1, -0.05) is 12.1 Å². The fourth-order valence-corrected chi connectivity index (χ4v) is 4.65. The van der Waals surface area contributed by atoms with Crippen molar-refractivity contribution in [3.63, 3.8) is 0 Å². The first-order valence-corrected chi connectivity index (χ1v) is 11.4. The van der Waals surface area contributed by atoms with Crippen LogP contribution in [0.5, 0.6) is 5.75 Å². The topological polar surface area (TPSA) is 71.5 Å². The molecular weight excluding hydrogens is 422 g/mol. The molecule has 0 radical (unpaired) electrons. The highest BCUT2D eigenvalue weighted by Gasteiger charge is 2.24. The maximum absolute atomic E-state index is 12.9. The number of amides is 1. The van der Waals surface area contributed by atoms with Gasteiger partial charge >= 0.3 is 0 Å². The standard InChI is InChI=1S/C24H23N5O2S/c1-31-18-8-6-17(7-9-18)22-16-32-23(27-22)15-28-10-12-29(13-11-28)24(30)21-14-25-19-4-2-3-5-20(19)26-21/h2-9,14,16H,10-13,15H2,1H3. The van der Waals surface area contributed by atoms with E-state index in [0.29, 0.717) is 18.8 Å². The fourth-order valence-electron chi connectivity index (χ4n) is 3.80. The van der Waals surface area contributed by atoms with Crippen LogP contribution in [0.25, 0.3) is 22.3 Å². The highest BCUT2D eigenvalue weighted by Crippen LogP contribution is 2.25. The average molecular weight is 446 g/mol. The monoisotopic (exact) mass is 445 g/mol. The number of benzene rings is 2. The van der Waals surface area contributed by atoms with E-state index >= 15 is 0 Å². The van der Waals surface area contributed by atoms with Crippen molar-refractivity contribution in [2.24, 2.45) is 0 Å². The minimum atomic E-state index is -0.0565. The molecule has 0 unspecified atom stereocenters. The Morgan fingerprint density at radius 2 is 1.75 bits per heavy atom. The Hall–Kier alpha value is -3.36. The third-order valence-corrected chi connectivity index (χ3v) is 6.46. The Morgan fingerprint density at radius 1 is 1.00 bits per heavy atom. The lowest BCUT2D eigenvalue weighted by atomic mass is 10.2. The summed E-state index contributed by atoms with van der Waals surface area (Å²) < 4.78 is 5.22. The van der Waals surface area contributed by atoms with Crippen LogP contribution in [0.3, 0.4) is 0 Å². The number of methoxy groups -OCH3 is 1. The third kappa shape index (κ3) is 4.32. The summed E-state index contributed by atoms with van der Waals surface area (Å²) in [6.07, 6.45) is 1.58. The molecule has 0 saturated carbocycles. The number of para-hydroxylation sites is 2. The molecule has 0 bridgehead atoms. The van der Waals surface area contributed by atoms with Gasteiger partial charge in [0, 0.05) is 37.1 Å². The Balaban J connectivity index is 1.18. The summed E-state index contributed by atoms with van der Waals surface area (Å²) >= 11 is 1.67. The van der Waals surface area contributed by atoms with Gasteiger partial charge in [-0.05, 0) is 36.4 Å². The van der Waals surface area contributed by atoms with Crippen molar-refractivity contribution in [2.45, 2.75) is 6.54 Å². The zero-order valence-corrected chi connectivity index (χ0v) is 18.6. The van der Waals surface area contributed by atoms with Gasteiger partial charge in [-0.15, -0.1) is 11.3 Å². The minimum Gasteiger partial charge on any atom is -0.497 e. The van der Waals surface area contributed by atoms with Gasteiger partial charge in [-0.25, -0.2) is 9.97 Å². The molecular formula is C24H23N5O2S. The number of rotatable bonds is 5. The first-order valence-electron chi connectivity index (χ1n) is 10.5. The van der Waals surface area contributed by atoms with Crippen molar-refractivity contribution in [3.05, 3.63) is 70.8 Å². The average Bonchev–Trinajstić information content (AvgIpc) is 3.32. The minimum absolute atomic E-state index is 0.0565. The van der Waals surface area contributed by atoms with Crippen LogP contribution in [-0.4, -0.2) is 63.9 Å². The normalized spacial score (nSPS) is 14.6. The molecule has 0 atom stereocenters. The van der Waals surface area contributed by atoms with E-state index in [2.05, 4.69) is 20.2 Å². The molecule has 3 heterocycles. The molecule has 2 aromatic carbocycles. The number of nitrogens with zero attached hydrogens (tertiary/aromatic N) is 5. The van der Waals surface area contributed by atoms with Crippen molar-refractivity contribution in [2.75, 3.05) is 33.3 Å². The Morgan fingerprint density at radius 3 is 2.50 bits per heavy atom. The molecule has 4 aromatic rings. The van der Waals surface area contributed by atoms with Gasteiger partial charge in [-0.2, -0.15) is 0 Å². The molecule has 1 amide bonds. The molecule has 0 aliphatic carbocycles. The summed E-state index contributed by atoms with van der Waals surface area (Å²) in [6, 6.07) is 15.5. The number of hydrogen-bond acceptors (Lipinski definition) is 7. The van der Waals surface area contributed by atoms with E-state index in [9.17, 15) is 4.79 Å². The van der Waals surface area contributed by atoms with Gasteiger partial charge in [0.25, 0.3) is 5.91 Å². The summed E-state index contributed by atoms with van der Waals surface area (Å²) in [6.45, 7) is 3.75. The molecule has 162 valence electrons. The number of hydrogen-bond donors (Lipinski definition) is 0. The predicted octanol–water partition coefficient (Wildman–Crippen LogP) is 3.72. The van der Waals surface area contributed by atoms with Gasteiger partial charge in [0.05, 0.1) is 36.6 Å². The molecule has 1 aliphatic heterocycles. The molecule has 8 heteroatoms. The fraction of sp³-hybridized carbons (Fsp3) is 0.250. The second kappa shape index (κ2) is 9.02. The van der Waals surface area contributed by atoms with E-state index in [4.69, 9.17) is 9.72 Å². The van der Waals surface area contributed by atoms with Crippen LogP contribution in [0.2, 0.25) is 0 Å². The van der Waals surface area contributed by atoms with Crippen LogP contribution in [0.1, 0.15) is 15.5 Å². The summed E-state index contributed by atoms with van der Waals surface area (Å²) in [5.41, 5.74) is 4.01. The Kier molecular flexibility index (Phi) is 5.79. The molecule has 0 N–H and O–H groups in total. The van der Waals surface area contributed by atoms with Gasteiger partial charge in [0.1, 0.15) is 16.5 Å². The number of thiazole rings is 1. The zero-order valence-electron chi connectivity index (χ0n) is 17.8. The van der Waals surface area contributed by atoms with Gasteiger partial charge < -0.3 is 9.64 Å². The van der Waals surface area contributed by atoms with E-state index in [-0.39, 0.29) is 5.91 Å². The Bertz CT molecular complexity index is 1230. The van der Waals surface area contributed by atoms with E-state index in [1.807, 2.05) is 53.4 Å². The second-order valence-electron chi connectivity index (χ2n) is 7.67. The number of carbonyl (C=O) groups is 1. The highest BCUT2D eigenvalue weighted by molar-refractivity contribution is 7.09. The molecule has 7 nitrogen and oxygen atoms in total. The largest absolute Gasteiger partial charge is 0.497 e. The molecule has 0 spiro atoms. The van der Waals surface area contributed by atoms with E-state index in [0.717, 1.165) is 52.7 Å². The number of fused-ring (bicyclic) bond motifs is 1. The third-order valence-electron chi connectivity index (χ3n) is 5.62. The molecule has 2 aromatic heterocycles. The van der Waals surface area contributed by atoms with Gasteiger partial charge in [0.15, 0.2) is 0 Å². The van der Waals surface area contributed by atoms with Crippen LogP contribution in [0.15, 0.2) is 60.1 Å². The number of carbonyl (C=O) groups excluding carboxylic acids is 1. The first-order chi connectivity index (χ1) is 15.7. The van der Waals surface area contributed by atoms with Crippen molar-refractivity contribution in [1.82, 2.24) is 24.8 Å². The van der Waals surface area contributed by atoms with Gasteiger partial charge in [-0.3, -0.25) is 14.7 Å². The summed E-state index contributed by atoms with van der Waals surface area (Å²) in [5, 5.41) is 3.17. The van der Waals surface area contributed by atoms with Gasteiger partial charge in [0.2, 0.25) is 0 Å². The summed E-state index contributed by atoms with van der Waals surface area (Å²) in [7, 11) is 1.67.